The Hall–Kier alpha value is -4.04. The highest BCUT2D eigenvalue weighted by Gasteiger charge is 2.22. The molecular formula is C28H30N6O2. The summed E-state index contributed by atoms with van der Waals surface area (Å²) in [5.74, 6) is 8.13. The van der Waals surface area contributed by atoms with Crippen LogP contribution in [0.15, 0.2) is 36.8 Å². The van der Waals surface area contributed by atoms with Crippen molar-refractivity contribution in [3.8, 4) is 34.8 Å². The summed E-state index contributed by atoms with van der Waals surface area (Å²) in [5, 5.41) is 13.9. The number of fused-ring (bicyclic) bond motifs is 1. The number of amides is 1. The number of anilines is 1. The van der Waals surface area contributed by atoms with E-state index < -0.39 is 0 Å². The Bertz CT molecular complexity index is 1330. The largest absolute Gasteiger partial charge is 0.492 e. The molecule has 36 heavy (non-hydrogen) atoms. The molecule has 8 nitrogen and oxygen atoms in total. The van der Waals surface area contributed by atoms with E-state index in [1.54, 1.807) is 16.9 Å². The van der Waals surface area contributed by atoms with E-state index in [4.69, 9.17) is 9.72 Å². The number of ether oxygens (including phenoxy) is 1. The van der Waals surface area contributed by atoms with E-state index in [2.05, 4.69) is 27.9 Å². The molecule has 1 aliphatic heterocycles. The van der Waals surface area contributed by atoms with Gasteiger partial charge in [0.15, 0.2) is 0 Å². The molecule has 1 saturated carbocycles. The lowest BCUT2D eigenvalue weighted by Crippen LogP contribution is -2.48. The minimum Gasteiger partial charge on any atom is -0.492 e. The van der Waals surface area contributed by atoms with Gasteiger partial charge in [0.25, 0.3) is 5.91 Å². The van der Waals surface area contributed by atoms with Crippen LogP contribution in [0.25, 0.3) is 16.6 Å². The Balaban J connectivity index is 1.26. The number of carbonyl (C=O) groups excluding carboxylic acids is 1. The van der Waals surface area contributed by atoms with Gasteiger partial charge in [-0.25, -0.2) is 9.50 Å². The van der Waals surface area contributed by atoms with Crippen LogP contribution in [0.2, 0.25) is 0 Å². The molecule has 0 bridgehead atoms. The smallest absolute Gasteiger partial charge is 0.298 e. The Morgan fingerprint density at radius 2 is 1.97 bits per heavy atom. The Kier molecular flexibility index (Phi) is 7.04. The third-order valence-electron chi connectivity index (χ3n) is 7.03. The molecule has 3 aromatic rings. The van der Waals surface area contributed by atoms with E-state index in [0.29, 0.717) is 50.0 Å². The van der Waals surface area contributed by atoms with Crippen LogP contribution in [-0.2, 0) is 4.79 Å². The number of rotatable bonds is 5. The van der Waals surface area contributed by atoms with Crippen LogP contribution in [0, 0.1) is 29.1 Å². The molecule has 1 aliphatic carbocycles. The number of hydrogen-bond acceptors (Lipinski definition) is 6. The van der Waals surface area contributed by atoms with Gasteiger partial charge in [0.05, 0.1) is 30.1 Å². The van der Waals surface area contributed by atoms with Crippen molar-refractivity contribution in [2.24, 2.45) is 5.92 Å². The molecule has 3 aromatic heterocycles. The van der Waals surface area contributed by atoms with Crippen LogP contribution in [0.5, 0.6) is 5.75 Å². The summed E-state index contributed by atoms with van der Waals surface area (Å²) in [7, 11) is 0. The molecule has 0 radical (unpaired) electrons. The quantitative estimate of drug-likeness (QED) is 0.513. The third kappa shape index (κ3) is 4.99. The molecule has 0 aromatic carbocycles. The molecule has 5 rings (SSSR count). The highest BCUT2D eigenvalue weighted by Crippen LogP contribution is 2.31. The highest BCUT2D eigenvalue weighted by molar-refractivity contribution is 5.93. The van der Waals surface area contributed by atoms with Crippen LogP contribution < -0.4 is 9.64 Å². The van der Waals surface area contributed by atoms with Gasteiger partial charge in [0.1, 0.15) is 17.6 Å². The van der Waals surface area contributed by atoms with Crippen molar-refractivity contribution in [3.63, 3.8) is 0 Å². The highest BCUT2D eigenvalue weighted by atomic mass is 16.5. The van der Waals surface area contributed by atoms with Gasteiger partial charge in [0.2, 0.25) is 0 Å². The van der Waals surface area contributed by atoms with Crippen molar-refractivity contribution in [1.82, 2.24) is 19.5 Å². The second kappa shape index (κ2) is 10.7. The van der Waals surface area contributed by atoms with Gasteiger partial charge < -0.3 is 14.5 Å². The second-order valence-electron chi connectivity index (χ2n) is 9.33. The standard InChI is InChI=1S/C28H30N6O2/c1-2-36-24-16-25(28-23(17-29)19-31-34(28)20-24)22-10-11-26(30-18-22)32-12-14-33(15-13-32)27(35)9-5-8-21-6-3-4-7-21/h10-11,16,18-21H,2-4,6-8,12-15H2,1H3. The monoisotopic (exact) mass is 482 g/mol. The molecule has 1 amide bonds. The molecule has 2 aliphatic rings. The third-order valence-corrected chi connectivity index (χ3v) is 7.03. The zero-order valence-electron chi connectivity index (χ0n) is 20.6. The first-order chi connectivity index (χ1) is 17.7. The summed E-state index contributed by atoms with van der Waals surface area (Å²) in [6.45, 7) is 5.17. The molecule has 8 heteroatoms. The van der Waals surface area contributed by atoms with Crippen LogP contribution in [0.3, 0.4) is 0 Å². The first kappa shape index (κ1) is 23.7. The summed E-state index contributed by atoms with van der Waals surface area (Å²) in [5.41, 5.74) is 2.97. The van der Waals surface area contributed by atoms with Gasteiger partial charge in [-0.15, -0.1) is 0 Å². The number of nitriles is 1. The molecule has 0 N–H and O–H groups in total. The van der Waals surface area contributed by atoms with Gasteiger partial charge in [0, 0.05) is 49.9 Å². The van der Waals surface area contributed by atoms with E-state index >= 15 is 0 Å². The van der Waals surface area contributed by atoms with E-state index in [9.17, 15) is 10.1 Å². The van der Waals surface area contributed by atoms with Crippen LogP contribution in [0.4, 0.5) is 5.82 Å². The number of piperazine rings is 1. The van der Waals surface area contributed by atoms with Gasteiger partial charge >= 0.3 is 0 Å². The van der Waals surface area contributed by atoms with Gasteiger partial charge in [-0.2, -0.15) is 10.4 Å². The van der Waals surface area contributed by atoms with Gasteiger partial charge in [-0.3, -0.25) is 4.79 Å². The van der Waals surface area contributed by atoms with E-state index in [-0.39, 0.29) is 5.91 Å². The van der Waals surface area contributed by atoms with Crippen molar-refractivity contribution in [1.29, 1.82) is 5.26 Å². The van der Waals surface area contributed by atoms with E-state index in [1.807, 2.05) is 36.2 Å². The van der Waals surface area contributed by atoms with Crippen molar-refractivity contribution >= 4 is 17.2 Å². The van der Waals surface area contributed by atoms with Crippen LogP contribution >= 0.6 is 0 Å². The minimum atomic E-state index is -0.0664. The van der Waals surface area contributed by atoms with Crippen molar-refractivity contribution in [3.05, 3.63) is 42.4 Å². The summed E-state index contributed by atoms with van der Waals surface area (Å²) in [6, 6.07) is 8.14. The zero-order chi connectivity index (χ0) is 24.9. The predicted octanol–water partition coefficient (Wildman–Crippen LogP) is 3.90. The van der Waals surface area contributed by atoms with Gasteiger partial charge in [-0.1, -0.05) is 18.8 Å². The minimum absolute atomic E-state index is 0.0664. The lowest BCUT2D eigenvalue weighted by atomic mass is 10.1. The number of nitrogens with zero attached hydrogens (tertiary/aromatic N) is 6. The lowest BCUT2D eigenvalue weighted by Gasteiger charge is -2.34. The number of aromatic nitrogens is 3. The fourth-order valence-electron chi connectivity index (χ4n) is 5.08. The molecule has 0 spiro atoms. The molecule has 1 saturated heterocycles. The Labute approximate surface area is 211 Å². The molecule has 2 fully saturated rings. The first-order valence-electron chi connectivity index (χ1n) is 12.7. The SMILES string of the molecule is CCOc1cc(-c2ccc(N3CCN(C(=O)C#CCC4CCCC4)CC3)nc2)c2c(C#N)cnn2c1. The van der Waals surface area contributed by atoms with E-state index in [1.165, 1.54) is 25.7 Å². The Morgan fingerprint density at radius 3 is 2.67 bits per heavy atom. The summed E-state index contributed by atoms with van der Waals surface area (Å²) >= 11 is 0. The van der Waals surface area contributed by atoms with Gasteiger partial charge in [-0.05, 0) is 49.8 Å². The number of hydrogen-bond donors (Lipinski definition) is 0. The average molecular weight is 483 g/mol. The second-order valence-corrected chi connectivity index (χ2v) is 9.33. The normalized spacial score (nSPS) is 16.0. The molecule has 4 heterocycles. The molecule has 184 valence electrons. The zero-order valence-corrected chi connectivity index (χ0v) is 20.6. The fraction of sp³-hybridized carbons (Fsp3) is 0.429. The molecule has 0 unspecified atom stereocenters. The average Bonchev–Trinajstić information content (AvgIpc) is 3.58. The van der Waals surface area contributed by atoms with Crippen molar-refractivity contribution in [2.75, 3.05) is 37.7 Å². The number of carbonyl (C=O) groups is 1. The summed E-state index contributed by atoms with van der Waals surface area (Å²) in [4.78, 5) is 21.2. The molecular weight excluding hydrogens is 452 g/mol. The van der Waals surface area contributed by atoms with Crippen molar-refractivity contribution < 1.29 is 9.53 Å². The predicted molar refractivity (Wildman–Crippen MR) is 137 cm³/mol. The maximum atomic E-state index is 12.5. The summed E-state index contributed by atoms with van der Waals surface area (Å²) < 4.78 is 7.38. The van der Waals surface area contributed by atoms with Crippen LogP contribution in [0.1, 0.15) is 44.6 Å². The number of pyridine rings is 2. The maximum Gasteiger partial charge on any atom is 0.298 e. The van der Waals surface area contributed by atoms with Crippen LogP contribution in [-0.4, -0.2) is 58.2 Å². The first-order valence-corrected chi connectivity index (χ1v) is 12.7. The fourth-order valence-corrected chi connectivity index (χ4v) is 5.08. The Morgan fingerprint density at radius 1 is 1.17 bits per heavy atom. The maximum absolute atomic E-state index is 12.5. The van der Waals surface area contributed by atoms with Crippen molar-refractivity contribution in [2.45, 2.75) is 39.0 Å². The lowest BCUT2D eigenvalue weighted by molar-refractivity contribution is -0.125. The molecule has 0 atom stereocenters. The topological polar surface area (TPSA) is 86.8 Å². The summed E-state index contributed by atoms with van der Waals surface area (Å²) in [6.07, 6.45) is 11.1. The van der Waals surface area contributed by atoms with E-state index in [0.717, 1.165) is 28.9 Å².